The van der Waals surface area contributed by atoms with Gasteiger partial charge in [-0.3, -0.25) is 10.9 Å². The molecular weight excluding hydrogens is 384 g/mol. The lowest BCUT2D eigenvalue weighted by Gasteiger charge is -2.32. The molecule has 0 fully saturated rings. The van der Waals surface area contributed by atoms with Crippen molar-refractivity contribution in [1.82, 2.24) is 26.9 Å². The van der Waals surface area contributed by atoms with Crippen molar-refractivity contribution in [2.24, 2.45) is 10.5 Å². The smallest absolute Gasteiger partial charge is 0.131 e. The standard InChI is InChI=1S/C25H48N6/c1-18(2)27-24(22(6)25(8,9)10)17-16-21(5)29-31-23(7)30-28-20(4)15-13-12-14-19(3)26-11/h18,24,26-27,29-31H,3,5-7,12-17H2,1-2,4,8-11H3/b28-20-. The van der Waals surface area contributed by atoms with E-state index in [4.69, 9.17) is 0 Å². The van der Waals surface area contributed by atoms with E-state index >= 15 is 0 Å². The monoisotopic (exact) mass is 432 g/mol. The van der Waals surface area contributed by atoms with E-state index in [1.165, 1.54) is 5.57 Å². The lowest BCUT2D eigenvalue weighted by atomic mass is 9.81. The summed E-state index contributed by atoms with van der Waals surface area (Å²) < 4.78 is 0. The van der Waals surface area contributed by atoms with Crippen molar-refractivity contribution in [3.05, 3.63) is 49.1 Å². The molecule has 6 nitrogen and oxygen atoms in total. The van der Waals surface area contributed by atoms with Crippen LogP contribution in [-0.4, -0.2) is 24.8 Å². The van der Waals surface area contributed by atoms with E-state index in [1.807, 2.05) is 14.0 Å². The zero-order chi connectivity index (χ0) is 24.0. The van der Waals surface area contributed by atoms with Gasteiger partial charge in [0.2, 0.25) is 0 Å². The Morgan fingerprint density at radius 3 is 2.06 bits per heavy atom. The Morgan fingerprint density at radius 1 is 0.903 bits per heavy atom. The number of allylic oxidation sites excluding steroid dienone is 2. The van der Waals surface area contributed by atoms with Crippen molar-refractivity contribution in [3.63, 3.8) is 0 Å². The Bertz CT molecular complexity index is 624. The summed E-state index contributed by atoms with van der Waals surface area (Å²) in [5.41, 5.74) is 13.4. The molecule has 0 aromatic carbocycles. The van der Waals surface area contributed by atoms with Gasteiger partial charge in [-0.25, -0.2) is 0 Å². The Labute approximate surface area is 191 Å². The molecule has 178 valence electrons. The van der Waals surface area contributed by atoms with Gasteiger partial charge in [0.15, 0.2) is 0 Å². The number of hydrogen-bond donors (Lipinski definition) is 5. The van der Waals surface area contributed by atoms with Crippen LogP contribution in [0.25, 0.3) is 0 Å². The van der Waals surface area contributed by atoms with Crippen LogP contribution in [0.3, 0.4) is 0 Å². The van der Waals surface area contributed by atoms with Gasteiger partial charge in [-0.1, -0.05) is 66.5 Å². The molecule has 0 saturated heterocycles. The fraction of sp³-hybridized carbons (Fsp3) is 0.640. The van der Waals surface area contributed by atoms with E-state index in [1.54, 1.807) is 0 Å². The summed E-state index contributed by atoms with van der Waals surface area (Å²) in [4.78, 5) is 0. The van der Waals surface area contributed by atoms with Gasteiger partial charge in [-0.05, 0) is 50.9 Å². The Kier molecular flexibility index (Phi) is 13.7. The van der Waals surface area contributed by atoms with Gasteiger partial charge >= 0.3 is 0 Å². The van der Waals surface area contributed by atoms with Gasteiger partial charge in [0.1, 0.15) is 5.82 Å². The molecule has 0 amide bonds. The zero-order valence-corrected chi connectivity index (χ0v) is 21.2. The highest BCUT2D eigenvalue weighted by molar-refractivity contribution is 5.81. The van der Waals surface area contributed by atoms with Crippen LogP contribution in [0.1, 0.15) is 80.1 Å². The fourth-order valence-electron chi connectivity index (χ4n) is 2.92. The van der Waals surface area contributed by atoms with E-state index in [0.717, 1.165) is 55.6 Å². The summed E-state index contributed by atoms with van der Waals surface area (Å²) in [6.07, 6.45) is 5.87. The summed E-state index contributed by atoms with van der Waals surface area (Å²) in [5, 5.41) is 11.1. The van der Waals surface area contributed by atoms with Crippen LogP contribution in [0.4, 0.5) is 0 Å². The molecule has 0 radical (unpaired) electrons. The topological polar surface area (TPSA) is 72.5 Å². The highest BCUT2D eigenvalue weighted by Crippen LogP contribution is 2.28. The predicted octanol–water partition coefficient (Wildman–Crippen LogP) is 5.07. The van der Waals surface area contributed by atoms with E-state index < -0.39 is 0 Å². The number of nitrogens with zero attached hydrogens (tertiary/aromatic N) is 1. The van der Waals surface area contributed by atoms with Crippen LogP contribution in [-0.2, 0) is 0 Å². The molecular formula is C25H48N6. The normalized spacial score (nSPS) is 12.8. The van der Waals surface area contributed by atoms with Gasteiger partial charge in [-0.2, -0.15) is 5.10 Å². The van der Waals surface area contributed by atoms with Crippen LogP contribution < -0.4 is 26.9 Å². The molecule has 0 rings (SSSR count). The highest BCUT2D eigenvalue weighted by atomic mass is 15.5. The molecule has 0 saturated carbocycles. The van der Waals surface area contributed by atoms with Gasteiger partial charge in [0.05, 0.1) is 0 Å². The Hall–Kier alpha value is -2.21. The lowest BCUT2D eigenvalue weighted by Crippen LogP contribution is -2.40. The first-order valence-electron chi connectivity index (χ1n) is 11.4. The summed E-state index contributed by atoms with van der Waals surface area (Å²) in [6.45, 7) is 29.3. The van der Waals surface area contributed by atoms with Crippen LogP contribution in [0, 0.1) is 5.41 Å². The van der Waals surface area contributed by atoms with Gasteiger partial charge in [0.25, 0.3) is 0 Å². The van der Waals surface area contributed by atoms with E-state index in [0.29, 0.717) is 11.9 Å². The van der Waals surface area contributed by atoms with Crippen molar-refractivity contribution < 1.29 is 0 Å². The number of hydrazone groups is 1. The maximum atomic E-state index is 4.37. The molecule has 1 atom stereocenters. The number of rotatable bonds is 17. The molecule has 0 aromatic heterocycles. The fourth-order valence-corrected chi connectivity index (χ4v) is 2.92. The molecule has 0 bridgehead atoms. The maximum absolute atomic E-state index is 4.37. The summed E-state index contributed by atoms with van der Waals surface area (Å²) in [6, 6.07) is 0.646. The second-order valence-electron chi connectivity index (χ2n) is 9.54. The molecule has 0 aliphatic rings. The van der Waals surface area contributed by atoms with E-state index in [2.05, 4.69) is 92.9 Å². The minimum absolute atomic E-state index is 0.0640. The highest BCUT2D eigenvalue weighted by Gasteiger charge is 2.23. The first-order chi connectivity index (χ1) is 14.4. The Morgan fingerprint density at radius 2 is 1.52 bits per heavy atom. The second-order valence-corrected chi connectivity index (χ2v) is 9.54. The second kappa shape index (κ2) is 14.7. The van der Waals surface area contributed by atoms with Crippen LogP contribution >= 0.6 is 0 Å². The van der Waals surface area contributed by atoms with Gasteiger partial charge in [0, 0.05) is 36.2 Å². The summed E-state index contributed by atoms with van der Waals surface area (Å²) in [7, 11) is 1.91. The molecule has 6 heteroatoms. The van der Waals surface area contributed by atoms with Crippen LogP contribution in [0.5, 0.6) is 0 Å². The molecule has 31 heavy (non-hydrogen) atoms. The van der Waals surface area contributed by atoms with Crippen molar-refractivity contribution in [2.75, 3.05) is 7.05 Å². The maximum Gasteiger partial charge on any atom is 0.131 e. The quantitative estimate of drug-likeness (QED) is 0.0960. The number of hydrogen-bond acceptors (Lipinski definition) is 6. The third-order valence-corrected chi connectivity index (χ3v) is 5.05. The molecule has 1 unspecified atom stereocenters. The zero-order valence-electron chi connectivity index (χ0n) is 21.2. The molecule has 0 heterocycles. The predicted molar refractivity (Wildman–Crippen MR) is 137 cm³/mol. The van der Waals surface area contributed by atoms with Crippen molar-refractivity contribution >= 4 is 5.71 Å². The van der Waals surface area contributed by atoms with Crippen molar-refractivity contribution in [2.45, 2.75) is 92.2 Å². The number of hydrazine groups is 1. The third-order valence-electron chi connectivity index (χ3n) is 5.05. The summed E-state index contributed by atoms with van der Waals surface area (Å²) in [5.74, 6) is 0.583. The average molecular weight is 433 g/mol. The van der Waals surface area contributed by atoms with Gasteiger partial charge < -0.3 is 16.1 Å². The third kappa shape index (κ3) is 14.4. The first-order valence-corrected chi connectivity index (χ1v) is 11.4. The molecule has 0 aliphatic heterocycles. The minimum atomic E-state index is 0.0640. The molecule has 5 N–H and O–H groups in total. The molecule has 0 aromatic rings. The number of unbranched alkanes of at least 4 members (excludes halogenated alkanes) is 1. The van der Waals surface area contributed by atoms with Crippen LogP contribution in [0.15, 0.2) is 54.2 Å². The SMILES string of the molecule is C=C(CCCC/C(C)=N\NC(=C)NNC(=C)CCC(NC(C)C)C(=C)C(C)(C)C)NC. The largest absolute Gasteiger partial charge is 0.392 e. The molecule has 0 spiro atoms. The lowest BCUT2D eigenvalue weighted by molar-refractivity contribution is 0.391. The molecule has 0 aliphatic carbocycles. The van der Waals surface area contributed by atoms with E-state index in [-0.39, 0.29) is 11.5 Å². The Balaban J connectivity index is 4.30. The van der Waals surface area contributed by atoms with Crippen molar-refractivity contribution in [3.8, 4) is 0 Å². The van der Waals surface area contributed by atoms with E-state index in [9.17, 15) is 0 Å². The number of nitrogens with one attached hydrogen (secondary N) is 5. The summed E-state index contributed by atoms with van der Waals surface area (Å²) >= 11 is 0. The first kappa shape index (κ1) is 28.8. The van der Waals surface area contributed by atoms with Gasteiger partial charge in [-0.15, -0.1) is 0 Å². The minimum Gasteiger partial charge on any atom is -0.392 e. The van der Waals surface area contributed by atoms with Crippen molar-refractivity contribution in [1.29, 1.82) is 0 Å². The average Bonchev–Trinajstić information content (AvgIpc) is 2.69. The van der Waals surface area contributed by atoms with Crippen LogP contribution in [0.2, 0.25) is 0 Å².